The number of aromatic nitrogens is 2. The molecule has 4 rings (SSSR count). The third-order valence-electron chi connectivity index (χ3n) is 6.10. The van der Waals surface area contributed by atoms with Gasteiger partial charge in [0.1, 0.15) is 9.86 Å². The van der Waals surface area contributed by atoms with Crippen LogP contribution in [0.15, 0.2) is 40.5 Å². The predicted octanol–water partition coefficient (Wildman–Crippen LogP) is 6.27. The molecule has 34 heavy (non-hydrogen) atoms. The zero-order chi connectivity index (χ0) is 24.1. The molecule has 0 radical (unpaired) electrons. The Morgan fingerprint density at radius 2 is 2.03 bits per heavy atom. The molecule has 0 saturated carbocycles. The summed E-state index contributed by atoms with van der Waals surface area (Å²) in [5, 5.41) is 5.99. The Labute approximate surface area is 214 Å². The largest absolute Gasteiger partial charge is 0.369 e. The average molecular weight is 516 g/mol. The van der Waals surface area contributed by atoms with Crippen molar-refractivity contribution < 1.29 is 9.53 Å². The smallest absolute Gasteiger partial charge is 0.230 e. The van der Waals surface area contributed by atoms with Gasteiger partial charge >= 0.3 is 0 Å². The first kappa shape index (κ1) is 25.5. The Morgan fingerprint density at radius 1 is 1.24 bits per heavy atom. The standard InChI is InChI=1S/C26H33N3O2S3/c1-5-12-32-25-28-23(33-16-21(30)27-17(3)13-18-10-8-7-9-11-18)22-19-14-26(4,6-2)31-15-20(19)34-24(22)29-25/h7-11,17H,5-6,12-16H2,1-4H3,(H,27,30)/t17-,26+/m1/s1. The minimum Gasteiger partial charge on any atom is -0.369 e. The van der Waals surface area contributed by atoms with Crippen molar-refractivity contribution in [1.29, 1.82) is 0 Å². The molecule has 0 spiro atoms. The second-order valence-electron chi connectivity index (χ2n) is 9.06. The molecule has 1 N–H and O–H groups in total. The SMILES string of the molecule is CCCSc1nc(SCC(=O)N[C@H](C)Cc2ccccc2)c2c3c(sc2n1)CO[C@@](C)(CC)C3. The molecular formula is C26H33N3O2S3. The molecule has 0 fully saturated rings. The van der Waals surface area contributed by atoms with Crippen LogP contribution in [-0.4, -0.2) is 39.0 Å². The quantitative estimate of drug-likeness (QED) is 0.195. The molecule has 1 aromatic carbocycles. The molecule has 2 atom stereocenters. The van der Waals surface area contributed by atoms with Crippen LogP contribution in [0, 0.1) is 0 Å². The summed E-state index contributed by atoms with van der Waals surface area (Å²) >= 11 is 4.93. The van der Waals surface area contributed by atoms with Crippen molar-refractivity contribution in [3.8, 4) is 0 Å². The maximum absolute atomic E-state index is 12.8. The van der Waals surface area contributed by atoms with Crippen molar-refractivity contribution in [1.82, 2.24) is 15.3 Å². The van der Waals surface area contributed by atoms with E-state index in [2.05, 4.69) is 45.1 Å². The Kier molecular flexibility index (Phi) is 8.56. The fourth-order valence-corrected chi connectivity index (χ4v) is 6.93. The molecule has 0 saturated heterocycles. The molecule has 8 heteroatoms. The summed E-state index contributed by atoms with van der Waals surface area (Å²) in [4.78, 5) is 24.8. The second kappa shape index (κ2) is 11.4. The van der Waals surface area contributed by atoms with Gasteiger partial charge in [0.25, 0.3) is 0 Å². The highest BCUT2D eigenvalue weighted by molar-refractivity contribution is 8.00. The molecule has 3 heterocycles. The van der Waals surface area contributed by atoms with Gasteiger partial charge in [0.05, 0.1) is 18.0 Å². The van der Waals surface area contributed by atoms with Crippen molar-refractivity contribution in [3.63, 3.8) is 0 Å². The van der Waals surface area contributed by atoms with Gasteiger partial charge in [-0.25, -0.2) is 9.97 Å². The minimum absolute atomic E-state index is 0.0359. The minimum atomic E-state index is -0.164. The van der Waals surface area contributed by atoms with E-state index in [0.717, 1.165) is 51.8 Å². The van der Waals surface area contributed by atoms with Gasteiger partial charge in [0, 0.05) is 28.5 Å². The molecular weight excluding hydrogens is 483 g/mol. The molecule has 0 bridgehead atoms. The average Bonchev–Trinajstić information content (AvgIpc) is 3.19. The van der Waals surface area contributed by atoms with Gasteiger partial charge in [-0.3, -0.25) is 4.79 Å². The highest BCUT2D eigenvalue weighted by atomic mass is 32.2. The normalized spacial score (nSPS) is 18.6. The molecule has 2 aromatic heterocycles. The number of hydrogen-bond donors (Lipinski definition) is 1. The highest BCUT2D eigenvalue weighted by Gasteiger charge is 2.33. The van der Waals surface area contributed by atoms with E-state index >= 15 is 0 Å². The number of hydrogen-bond acceptors (Lipinski definition) is 7. The van der Waals surface area contributed by atoms with E-state index in [1.165, 1.54) is 27.8 Å². The first-order valence-corrected chi connectivity index (χ1v) is 14.7. The highest BCUT2D eigenvalue weighted by Crippen LogP contribution is 2.43. The van der Waals surface area contributed by atoms with Gasteiger partial charge in [-0.15, -0.1) is 11.3 Å². The predicted molar refractivity (Wildman–Crippen MR) is 144 cm³/mol. The lowest BCUT2D eigenvalue weighted by atomic mass is 9.90. The summed E-state index contributed by atoms with van der Waals surface area (Å²) in [6.07, 6.45) is 3.71. The Hall–Kier alpha value is -1.61. The molecule has 0 unspecified atom stereocenters. The van der Waals surface area contributed by atoms with Crippen LogP contribution in [0.4, 0.5) is 0 Å². The molecule has 0 aliphatic carbocycles. The van der Waals surface area contributed by atoms with Gasteiger partial charge in [-0.2, -0.15) is 0 Å². The first-order valence-electron chi connectivity index (χ1n) is 12.0. The number of thiophene rings is 1. The van der Waals surface area contributed by atoms with Gasteiger partial charge in [0.2, 0.25) is 5.91 Å². The maximum atomic E-state index is 12.8. The van der Waals surface area contributed by atoms with E-state index in [9.17, 15) is 4.79 Å². The van der Waals surface area contributed by atoms with E-state index in [1.807, 2.05) is 18.2 Å². The Bertz CT molecular complexity index is 1140. The summed E-state index contributed by atoms with van der Waals surface area (Å²) < 4.78 is 6.18. The summed E-state index contributed by atoms with van der Waals surface area (Å²) in [5.41, 5.74) is 2.37. The third kappa shape index (κ3) is 6.14. The van der Waals surface area contributed by atoms with Gasteiger partial charge in [-0.1, -0.05) is 67.7 Å². The number of carbonyl (C=O) groups is 1. The van der Waals surface area contributed by atoms with Crippen LogP contribution in [0.2, 0.25) is 0 Å². The van der Waals surface area contributed by atoms with Crippen molar-refractivity contribution in [2.45, 2.75) is 81.8 Å². The van der Waals surface area contributed by atoms with E-state index < -0.39 is 0 Å². The van der Waals surface area contributed by atoms with Gasteiger partial charge in [-0.05, 0) is 44.2 Å². The molecule has 1 aliphatic rings. The Balaban J connectivity index is 1.52. The van der Waals surface area contributed by atoms with Crippen LogP contribution in [0.1, 0.15) is 56.5 Å². The van der Waals surface area contributed by atoms with E-state index in [-0.39, 0.29) is 17.6 Å². The van der Waals surface area contributed by atoms with Crippen molar-refractivity contribution in [2.75, 3.05) is 11.5 Å². The number of ether oxygens (including phenoxy) is 1. The third-order valence-corrected chi connectivity index (χ3v) is 9.23. The fraction of sp³-hybridized carbons (Fsp3) is 0.500. The number of amides is 1. The monoisotopic (exact) mass is 515 g/mol. The molecule has 182 valence electrons. The van der Waals surface area contributed by atoms with Crippen LogP contribution >= 0.6 is 34.9 Å². The summed E-state index contributed by atoms with van der Waals surface area (Å²) in [6.45, 7) is 9.19. The molecule has 5 nitrogen and oxygen atoms in total. The first-order chi connectivity index (χ1) is 16.4. The van der Waals surface area contributed by atoms with Crippen LogP contribution in [-0.2, 0) is 29.0 Å². The van der Waals surface area contributed by atoms with Gasteiger partial charge in [0.15, 0.2) is 5.16 Å². The molecule has 1 aliphatic heterocycles. The van der Waals surface area contributed by atoms with E-state index in [1.54, 1.807) is 23.1 Å². The van der Waals surface area contributed by atoms with E-state index in [4.69, 9.17) is 14.7 Å². The molecule has 1 amide bonds. The number of thioether (sulfide) groups is 2. The second-order valence-corrected chi connectivity index (χ2v) is 12.2. The van der Waals surface area contributed by atoms with Crippen LogP contribution in [0.25, 0.3) is 10.2 Å². The number of fused-ring (bicyclic) bond motifs is 3. The number of rotatable bonds is 10. The van der Waals surface area contributed by atoms with Gasteiger partial charge < -0.3 is 10.1 Å². The Morgan fingerprint density at radius 3 is 2.76 bits per heavy atom. The lowest BCUT2D eigenvalue weighted by Crippen LogP contribution is -2.35. The summed E-state index contributed by atoms with van der Waals surface area (Å²) in [5.74, 6) is 1.36. The lowest BCUT2D eigenvalue weighted by molar-refractivity contribution is -0.119. The molecule has 3 aromatic rings. The zero-order valence-electron chi connectivity index (χ0n) is 20.3. The summed E-state index contributed by atoms with van der Waals surface area (Å²) in [6, 6.07) is 10.3. The van der Waals surface area contributed by atoms with Crippen LogP contribution in [0.3, 0.4) is 0 Å². The number of nitrogens with one attached hydrogen (secondary N) is 1. The lowest BCUT2D eigenvalue weighted by Gasteiger charge is -2.33. The number of benzene rings is 1. The van der Waals surface area contributed by atoms with Crippen LogP contribution < -0.4 is 5.32 Å². The van der Waals surface area contributed by atoms with Crippen molar-refractivity contribution >= 4 is 51.0 Å². The maximum Gasteiger partial charge on any atom is 0.230 e. The van der Waals surface area contributed by atoms with Crippen LogP contribution in [0.5, 0.6) is 0 Å². The summed E-state index contributed by atoms with van der Waals surface area (Å²) in [7, 11) is 0. The van der Waals surface area contributed by atoms with E-state index in [0.29, 0.717) is 12.4 Å². The fourth-order valence-electron chi connectivity index (χ4n) is 4.08. The van der Waals surface area contributed by atoms with Crippen molar-refractivity contribution in [3.05, 3.63) is 46.3 Å². The van der Waals surface area contributed by atoms with Crippen molar-refractivity contribution in [2.24, 2.45) is 0 Å². The number of nitrogens with zero attached hydrogens (tertiary/aromatic N) is 2. The number of carbonyl (C=O) groups excluding carboxylic acids is 1. The zero-order valence-corrected chi connectivity index (χ0v) is 22.8. The topological polar surface area (TPSA) is 64.1 Å².